The van der Waals surface area contributed by atoms with E-state index in [0.717, 1.165) is 23.4 Å². The molecule has 0 aliphatic heterocycles. The molecule has 0 bridgehead atoms. The Kier molecular flexibility index (Phi) is 2.95. The number of nitrogens with two attached hydrogens (primary N) is 1. The predicted octanol–water partition coefficient (Wildman–Crippen LogP) is 2.19. The number of anilines is 2. The van der Waals surface area contributed by atoms with Gasteiger partial charge in [-0.2, -0.15) is 5.10 Å². The van der Waals surface area contributed by atoms with Crippen LogP contribution in [0.3, 0.4) is 0 Å². The van der Waals surface area contributed by atoms with E-state index >= 15 is 0 Å². The van der Waals surface area contributed by atoms with Crippen LogP contribution in [0.5, 0.6) is 0 Å². The zero-order valence-corrected chi connectivity index (χ0v) is 9.22. The van der Waals surface area contributed by atoms with Gasteiger partial charge in [0.05, 0.1) is 17.6 Å². The molecule has 6 heteroatoms. The molecule has 0 spiro atoms. The Balaban J connectivity index is 2.17. The van der Waals surface area contributed by atoms with Crippen molar-refractivity contribution in [1.29, 1.82) is 0 Å². The van der Waals surface area contributed by atoms with Crippen molar-refractivity contribution in [2.75, 3.05) is 11.1 Å². The van der Waals surface area contributed by atoms with Gasteiger partial charge >= 0.3 is 0 Å². The number of rotatable bonds is 3. The van der Waals surface area contributed by atoms with Gasteiger partial charge in [0.2, 0.25) is 0 Å². The molecule has 0 aliphatic carbocycles. The number of hydrogen-bond acceptors (Lipinski definition) is 3. The first-order valence-corrected chi connectivity index (χ1v) is 5.05. The van der Waals surface area contributed by atoms with E-state index < -0.39 is 11.6 Å². The molecule has 0 radical (unpaired) electrons. The summed E-state index contributed by atoms with van der Waals surface area (Å²) in [5.41, 5.74) is 7.46. The third-order valence-electron chi connectivity index (χ3n) is 2.50. The summed E-state index contributed by atoms with van der Waals surface area (Å²) >= 11 is 0. The van der Waals surface area contributed by atoms with E-state index in [1.807, 2.05) is 6.92 Å². The highest BCUT2D eigenvalue weighted by molar-refractivity contribution is 5.66. The molecule has 2 rings (SSSR count). The van der Waals surface area contributed by atoms with Gasteiger partial charge in [0.1, 0.15) is 5.82 Å². The summed E-state index contributed by atoms with van der Waals surface area (Å²) in [6.07, 6.45) is 1.65. The molecule has 17 heavy (non-hydrogen) atoms. The highest BCUT2D eigenvalue weighted by atomic mass is 19.1. The van der Waals surface area contributed by atoms with Crippen LogP contribution in [0.4, 0.5) is 20.2 Å². The van der Waals surface area contributed by atoms with Crippen molar-refractivity contribution in [3.05, 3.63) is 41.2 Å². The van der Waals surface area contributed by atoms with Crippen molar-refractivity contribution < 1.29 is 8.78 Å². The maximum Gasteiger partial charge on any atom is 0.151 e. The number of benzene rings is 1. The third-order valence-corrected chi connectivity index (χ3v) is 2.50. The third kappa shape index (κ3) is 2.35. The molecule has 0 amide bonds. The van der Waals surface area contributed by atoms with Crippen molar-refractivity contribution in [3.63, 3.8) is 0 Å². The normalized spacial score (nSPS) is 10.5. The van der Waals surface area contributed by atoms with Crippen molar-refractivity contribution >= 4 is 11.4 Å². The summed E-state index contributed by atoms with van der Waals surface area (Å²) in [6.45, 7) is 2.26. The van der Waals surface area contributed by atoms with Gasteiger partial charge in [-0.05, 0) is 13.0 Å². The molecule has 1 aromatic heterocycles. The minimum atomic E-state index is -0.767. The van der Waals surface area contributed by atoms with Crippen LogP contribution in [-0.4, -0.2) is 10.2 Å². The molecule has 2 aromatic rings. The molecule has 1 heterocycles. The van der Waals surface area contributed by atoms with Gasteiger partial charge in [-0.15, -0.1) is 0 Å². The quantitative estimate of drug-likeness (QED) is 0.718. The fraction of sp³-hybridized carbons (Fsp3) is 0.182. The first-order valence-electron chi connectivity index (χ1n) is 5.05. The van der Waals surface area contributed by atoms with E-state index in [-0.39, 0.29) is 11.4 Å². The van der Waals surface area contributed by atoms with Gasteiger partial charge in [-0.1, -0.05) is 0 Å². The van der Waals surface area contributed by atoms with Gasteiger partial charge < -0.3 is 11.1 Å². The highest BCUT2D eigenvalue weighted by Gasteiger charge is 2.08. The Morgan fingerprint density at radius 2 is 2.18 bits per heavy atom. The van der Waals surface area contributed by atoms with Gasteiger partial charge in [-0.25, -0.2) is 8.78 Å². The molecule has 0 fully saturated rings. The number of nitrogens with one attached hydrogen (secondary N) is 2. The van der Waals surface area contributed by atoms with E-state index in [9.17, 15) is 8.78 Å². The molecule has 4 nitrogen and oxygen atoms in total. The van der Waals surface area contributed by atoms with Crippen molar-refractivity contribution in [2.45, 2.75) is 13.5 Å². The van der Waals surface area contributed by atoms with E-state index in [4.69, 9.17) is 5.73 Å². The van der Waals surface area contributed by atoms with Crippen molar-refractivity contribution in [1.82, 2.24) is 10.2 Å². The van der Waals surface area contributed by atoms with Crippen molar-refractivity contribution in [2.24, 2.45) is 0 Å². The second-order valence-corrected chi connectivity index (χ2v) is 3.72. The van der Waals surface area contributed by atoms with Crippen LogP contribution >= 0.6 is 0 Å². The Bertz CT molecular complexity index is 536. The van der Waals surface area contributed by atoms with Crippen LogP contribution in [0.2, 0.25) is 0 Å². The molecule has 1 aromatic carbocycles. The summed E-state index contributed by atoms with van der Waals surface area (Å²) in [4.78, 5) is 0. The summed E-state index contributed by atoms with van der Waals surface area (Å²) in [6, 6.07) is 1.91. The largest absolute Gasteiger partial charge is 0.395 e. The zero-order valence-electron chi connectivity index (χ0n) is 9.22. The highest BCUT2D eigenvalue weighted by Crippen LogP contribution is 2.24. The van der Waals surface area contributed by atoms with E-state index in [1.165, 1.54) is 0 Å². The lowest BCUT2D eigenvalue weighted by molar-refractivity contribution is 0.587. The monoisotopic (exact) mass is 238 g/mol. The Morgan fingerprint density at radius 1 is 1.41 bits per heavy atom. The van der Waals surface area contributed by atoms with Crippen molar-refractivity contribution in [3.8, 4) is 0 Å². The SMILES string of the molecule is Cc1[nH]ncc1CNc1cc(F)cc(F)c1N. The van der Waals surface area contributed by atoms with Crippen LogP contribution < -0.4 is 11.1 Å². The molecule has 90 valence electrons. The maximum absolute atomic E-state index is 13.2. The number of H-pyrrole nitrogens is 1. The molecule has 0 saturated heterocycles. The first-order chi connectivity index (χ1) is 8.08. The molecule has 4 N–H and O–H groups in total. The minimum Gasteiger partial charge on any atom is -0.395 e. The fourth-order valence-electron chi connectivity index (χ4n) is 1.48. The average Bonchev–Trinajstić information content (AvgIpc) is 2.67. The van der Waals surface area contributed by atoms with Gasteiger partial charge in [-0.3, -0.25) is 5.10 Å². The molecule has 0 unspecified atom stereocenters. The molecule has 0 saturated carbocycles. The van der Waals surface area contributed by atoms with Crippen LogP contribution in [0.25, 0.3) is 0 Å². The van der Waals surface area contributed by atoms with Crippen LogP contribution in [-0.2, 0) is 6.54 Å². The lowest BCUT2D eigenvalue weighted by atomic mass is 10.2. The zero-order chi connectivity index (χ0) is 12.4. The number of aromatic nitrogens is 2. The number of nitrogens with zero attached hydrogens (tertiary/aromatic N) is 1. The molecule has 0 aliphatic rings. The molecular formula is C11H12F2N4. The summed E-state index contributed by atoms with van der Waals surface area (Å²) in [5.74, 6) is -1.43. The number of hydrogen-bond donors (Lipinski definition) is 3. The van der Waals surface area contributed by atoms with Crippen LogP contribution in [0.15, 0.2) is 18.3 Å². The number of aromatic amines is 1. The summed E-state index contributed by atoms with van der Waals surface area (Å²) in [5, 5.41) is 9.49. The first kappa shape index (κ1) is 11.4. The standard InChI is InChI=1S/C11H12F2N4/c1-6-7(5-16-17-6)4-15-10-3-8(12)2-9(13)11(10)14/h2-3,5,15H,4,14H2,1H3,(H,16,17). The van der Waals surface area contributed by atoms with Crippen LogP contribution in [0.1, 0.15) is 11.3 Å². The van der Waals surface area contributed by atoms with Gasteiger partial charge in [0.15, 0.2) is 5.82 Å². The Morgan fingerprint density at radius 3 is 2.82 bits per heavy atom. The Hall–Kier alpha value is -2.11. The maximum atomic E-state index is 13.2. The smallest absolute Gasteiger partial charge is 0.151 e. The van der Waals surface area contributed by atoms with E-state index in [1.54, 1.807) is 6.20 Å². The van der Waals surface area contributed by atoms with Crippen LogP contribution in [0, 0.1) is 18.6 Å². The van der Waals surface area contributed by atoms with E-state index in [2.05, 4.69) is 15.5 Å². The van der Waals surface area contributed by atoms with Gasteiger partial charge in [0, 0.05) is 23.9 Å². The van der Waals surface area contributed by atoms with E-state index in [0.29, 0.717) is 6.54 Å². The second-order valence-electron chi connectivity index (χ2n) is 3.72. The molecule has 0 atom stereocenters. The number of aryl methyl sites for hydroxylation is 1. The second kappa shape index (κ2) is 4.40. The Labute approximate surface area is 96.8 Å². The van der Waals surface area contributed by atoms with Gasteiger partial charge in [0.25, 0.3) is 0 Å². The molecular weight excluding hydrogens is 226 g/mol. The lowest BCUT2D eigenvalue weighted by Crippen LogP contribution is -2.05. The average molecular weight is 238 g/mol. The lowest BCUT2D eigenvalue weighted by Gasteiger charge is -2.09. The number of nitrogen functional groups attached to an aromatic ring is 1. The summed E-state index contributed by atoms with van der Waals surface area (Å²) < 4.78 is 26.2. The summed E-state index contributed by atoms with van der Waals surface area (Å²) in [7, 11) is 0. The number of halogens is 2. The predicted molar refractivity (Wildman–Crippen MR) is 61.4 cm³/mol. The topological polar surface area (TPSA) is 66.7 Å². The fourth-order valence-corrected chi connectivity index (χ4v) is 1.48. The minimum absolute atomic E-state index is 0.0902.